The molecule has 6 nitrogen and oxygen atoms in total. The number of hydrogen-bond donors (Lipinski definition) is 1. The minimum Gasteiger partial charge on any atom is -0.476 e. The van der Waals surface area contributed by atoms with Crippen molar-refractivity contribution in [2.24, 2.45) is 5.10 Å². The highest BCUT2D eigenvalue weighted by molar-refractivity contribution is 6.51. The van der Waals surface area contributed by atoms with E-state index in [0.29, 0.717) is 10.6 Å². The number of carboxylic acid groups (broad SMARTS) is 1. The van der Waals surface area contributed by atoms with E-state index in [0.717, 1.165) is 34.9 Å². The van der Waals surface area contributed by atoms with Gasteiger partial charge in [-0.15, -0.1) is 0 Å². The molecule has 0 spiro atoms. The average Bonchev–Trinajstić information content (AvgIpc) is 2.98. The largest absolute Gasteiger partial charge is 0.476 e. The van der Waals surface area contributed by atoms with Crippen LogP contribution in [0.1, 0.15) is 33.3 Å². The van der Waals surface area contributed by atoms with Gasteiger partial charge in [0.1, 0.15) is 0 Å². The van der Waals surface area contributed by atoms with Gasteiger partial charge in [0, 0.05) is 30.9 Å². The van der Waals surface area contributed by atoms with E-state index in [1.165, 1.54) is 7.05 Å². The Balaban J connectivity index is 2.29. The maximum Gasteiger partial charge on any atom is 0.357 e. The van der Waals surface area contributed by atoms with Gasteiger partial charge in [-0.05, 0) is 62.6 Å². The number of aliphatic carboxylic acids is 1. The molecule has 1 amide bonds. The molecule has 0 fully saturated rings. The Labute approximate surface area is 176 Å². The van der Waals surface area contributed by atoms with Crippen LogP contribution < -0.4 is 4.90 Å². The molecule has 1 N–H and O–H groups in total. The first kappa shape index (κ1) is 22.4. The molecule has 1 aliphatic rings. The number of benzene rings is 1. The molecule has 154 valence electrons. The topological polar surface area (TPSA) is 73.2 Å². The number of anilines is 1. The Morgan fingerprint density at radius 3 is 2.28 bits per heavy atom. The molecule has 1 aromatic rings. The fraction of sp³-hybridized carbons (Fsp3) is 0.318. The Morgan fingerprint density at radius 2 is 1.76 bits per heavy atom. The first-order chi connectivity index (χ1) is 13.7. The van der Waals surface area contributed by atoms with Crippen molar-refractivity contribution in [3.05, 3.63) is 58.7 Å². The monoisotopic (exact) mass is 415 g/mol. The van der Waals surface area contributed by atoms with Crippen molar-refractivity contribution in [2.75, 3.05) is 25.0 Å². The predicted octanol–water partition coefficient (Wildman–Crippen LogP) is 4.29. The van der Waals surface area contributed by atoms with Crippen LogP contribution in [-0.2, 0) is 9.59 Å². The fourth-order valence-electron chi connectivity index (χ4n) is 3.17. The van der Waals surface area contributed by atoms with Gasteiger partial charge in [-0.1, -0.05) is 29.8 Å². The number of hydrazone groups is 1. The SMILES string of the molecule is CCN(CC)c1ccc(/C(Cl)=C/C(C)=C/C(C)=C2\C(=O)N(C)N=C2C(=O)O)cc1. The van der Waals surface area contributed by atoms with E-state index in [1.807, 2.05) is 31.2 Å². The Kier molecular flexibility index (Phi) is 7.40. The fourth-order valence-corrected chi connectivity index (χ4v) is 3.47. The second-order valence-electron chi connectivity index (χ2n) is 6.74. The summed E-state index contributed by atoms with van der Waals surface area (Å²) < 4.78 is 0. The molecular formula is C22H26ClN3O3. The van der Waals surface area contributed by atoms with Crippen LogP contribution in [0, 0.1) is 0 Å². The average molecular weight is 416 g/mol. The molecule has 7 heteroatoms. The van der Waals surface area contributed by atoms with E-state index in [2.05, 4.69) is 23.8 Å². The highest BCUT2D eigenvalue weighted by atomic mass is 35.5. The molecule has 1 aromatic carbocycles. The first-order valence-corrected chi connectivity index (χ1v) is 9.79. The zero-order valence-electron chi connectivity index (χ0n) is 17.4. The molecular weight excluding hydrogens is 390 g/mol. The van der Waals surface area contributed by atoms with Crippen LogP contribution in [0.3, 0.4) is 0 Å². The third kappa shape index (κ3) is 5.15. The van der Waals surface area contributed by atoms with E-state index < -0.39 is 11.9 Å². The van der Waals surface area contributed by atoms with Crippen LogP contribution in [0.4, 0.5) is 5.69 Å². The molecule has 1 aliphatic heterocycles. The molecule has 0 saturated carbocycles. The number of hydrogen-bond acceptors (Lipinski definition) is 4. The lowest BCUT2D eigenvalue weighted by atomic mass is 10.0. The molecule has 0 aliphatic carbocycles. The molecule has 0 unspecified atom stereocenters. The predicted molar refractivity (Wildman–Crippen MR) is 118 cm³/mol. The maximum atomic E-state index is 12.2. The van der Waals surface area contributed by atoms with Gasteiger partial charge in [-0.25, -0.2) is 9.80 Å². The third-order valence-electron chi connectivity index (χ3n) is 4.66. The van der Waals surface area contributed by atoms with Gasteiger partial charge >= 0.3 is 5.97 Å². The van der Waals surface area contributed by atoms with Crippen LogP contribution in [0.15, 0.2) is 58.2 Å². The molecule has 1 heterocycles. The van der Waals surface area contributed by atoms with Crippen LogP contribution in [-0.4, -0.2) is 47.8 Å². The molecule has 2 rings (SSSR count). The van der Waals surface area contributed by atoms with Crippen LogP contribution in [0.2, 0.25) is 0 Å². The van der Waals surface area contributed by atoms with Gasteiger partial charge < -0.3 is 10.0 Å². The van der Waals surface area contributed by atoms with Crippen molar-refractivity contribution in [1.29, 1.82) is 0 Å². The van der Waals surface area contributed by atoms with E-state index in [9.17, 15) is 14.7 Å². The number of halogens is 1. The van der Waals surface area contributed by atoms with Gasteiger partial charge in [0.15, 0.2) is 5.71 Å². The van der Waals surface area contributed by atoms with Crippen LogP contribution in [0.5, 0.6) is 0 Å². The zero-order valence-corrected chi connectivity index (χ0v) is 18.1. The lowest BCUT2D eigenvalue weighted by Gasteiger charge is -2.21. The zero-order chi connectivity index (χ0) is 21.7. The number of nitrogens with zero attached hydrogens (tertiary/aromatic N) is 3. The Morgan fingerprint density at radius 1 is 1.17 bits per heavy atom. The lowest BCUT2D eigenvalue weighted by molar-refractivity contribution is -0.129. The van der Waals surface area contributed by atoms with Gasteiger partial charge in [-0.2, -0.15) is 5.10 Å². The normalized spacial score (nSPS) is 16.8. The smallest absolute Gasteiger partial charge is 0.357 e. The first-order valence-electron chi connectivity index (χ1n) is 9.41. The van der Waals surface area contributed by atoms with Crippen molar-refractivity contribution in [3.8, 4) is 0 Å². The summed E-state index contributed by atoms with van der Waals surface area (Å²) in [6.07, 6.45) is 3.52. The van der Waals surface area contributed by atoms with E-state index in [-0.39, 0.29) is 11.3 Å². The molecule has 0 aromatic heterocycles. The number of likely N-dealkylation sites (N-methyl/N-ethyl adjacent to an activating group) is 1. The molecule has 0 radical (unpaired) electrons. The Hall–Kier alpha value is -2.86. The number of carbonyl (C=O) groups is 2. The van der Waals surface area contributed by atoms with Crippen LogP contribution in [0.25, 0.3) is 5.03 Å². The number of amides is 1. The summed E-state index contributed by atoms with van der Waals surface area (Å²) in [6.45, 7) is 9.63. The number of rotatable bonds is 7. The van der Waals surface area contributed by atoms with E-state index >= 15 is 0 Å². The van der Waals surface area contributed by atoms with E-state index in [4.69, 9.17) is 11.6 Å². The third-order valence-corrected chi connectivity index (χ3v) is 4.99. The minimum absolute atomic E-state index is 0.0902. The number of carbonyl (C=O) groups excluding carboxylic acids is 1. The van der Waals surface area contributed by atoms with Crippen molar-refractivity contribution in [1.82, 2.24) is 5.01 Å². The van der Waals surface area contributed by atoms with Crippen molar-refractivity contribution in [3.63, 3.8) is 0 Å². The van der Waals surface area contributed by atoms with Crippen molar-refractivity contribution in [2.45, 2.75) is 27.7 Å². The number of allylic oxidation sites excluding steroid dienone is 4. The second-order valence-corrected chi connectivity index (χ2v) is 7.15. The Bertz CT molecular complexity index is 923. The van der Waals surface area contributed by atoms with Crippen LogP contribution >= 0.6 is 11.6 Å². The molecule has 0 bridgehead atoms. The van der Waals surface area contributed by atoms with E-state index in [1.54, 1.807) is 19.1 Å². The summed E-state index contributed by atoms with van der Waals surface area (Å²) in [7, 11) is 1.43. The van der Waals surface area contributed by atoms with Gasteiger partial charge in [0.05, 0.1) is 5.57 Å². The minimum atomic E-state index is -1.23. The lowest BCUT2D eigenvalue weighted by Crippen LogP contribution is -2.21. The van der Waals surface area contributed by atoms with Crippen molar-refractivity contribution < 1.29 is 14.7 Å². The van der Waals surface area contributed by atoms with Gasteiger partial charge in [0.25, 0.3) is 5.91 Å². The summed E-state index contributed by atoms with van der Waals surface area (Å²) >= 11 is 6.47. The maximum absolute atomic E-state index is 12.2. The highest BCUT2D eigenvalue weighted by Gasteiger charge is 2.33. The van der Waals surface area contributed by atoms with Gasteiger partial charge in [0.2, 0.25) is 0 Å². The number of carboxylic acids is 1. The summed E-state index contributed by atoms with van der Waals surface area (Å²) in [4.78, 5) is 25.9. The summed E-state index contributed by atoms with van der Waals surface area (Å²) in [5.41, 5.74) is 3.18. The second kappa shape index (κ2) is 9.56. The summed E-state index contributed by atoms with van der Waals surface area (Å²) in [5, 5.41) is 14.7. The molecule has 0 saturated heterocycles. The summed E-state index contributed by atoms with van der Waals surface area (Å²) in [6, 6.07) is 8.01. The molecule has 0 atom stereocenters. The highest BCUT2D eigenvalue weighted by Crippen LogP contribution is 2.25. The molecule has 29 heavy (non-hydrogen) atoms. The van der Waals surface area contributed by atoms with Crippen molar-refractivity contribution >= 4 is 39.9 Å². The quantitative estimate of drug-likeness (QED) is 0.532. The summed E-state index contributed by atoms with van der Waals surface area (Å²) in [5.74, 6) is -1.67. The standard InChI is InChI=1S/C22H26ClN3O3/c1-6-26(7-2)17-10-8-16(9-11-17)18(23)13-14(3)12-15(4)19-20(22(28)29)24-25(5)21(19)27/h8-13H,6-7H2,1-5H3,(H,28,29)/b14-12+,18-13-,19-15-. The van der Waals surface area contributed by atoms with Gasteiger partial charge in [-0.3, -0.25) is 4.79 Å².